The Balaban J connectivity index is 2.68. The van der Waals surface area contributed by atoms with Crippen LogP contribution in [0.5, 0.6) is 0 Å². The number of benzene rings is 1. The van der Waals surface area contributed by atoms with Gasteiger partial charge in [0.25, 0.3) is 0 Å². The average Bonchev–Trinajstić information content (AvgIpc) is 2.28. The highest BCUT2D eigenvalue weighted by molar-refractivity contribution is 6.00. The zero-order valence-corrected chi connectivity index (χ0v) is 8.55. The second-order valence-corrected chi connectivity index (χ2v) is 3.35. The number of fused-ring (bicyclic) bond motifs is 1. The summed E-state index contributed by atoms with van der Waals surface area (Å²) in [7, 11) is 0. The predicted octanol–water partition coefficient (Wildman–Crippen LogP) is 0.829. The topological polar surface area (TPSA) is 89.1 Å². The van der Waals surface area contributed by atoms with E-state index in [1.54, 1.807) is 18.2 Å². The number of carboxylic acid groups (broad SMARTS) is 1. The summed E-state index contributed by atoms with van der Waals surface area (Å²) in [5.41, 5.74) is 6.08. The maximum absolute atomic E-state index is 11.0. The molecule has 0 aliphatic rings. The Morgan fingerprint density at radius 3 is 2.75 bits per heavy atom. The third-order valence-corrected chi connectivity index (χ3v) is 2.22. The fourth-order valence-corrected chi connectivity index (χ4v) is 1.53. The van der Waals surface area contributed by atoms with Crippen LogP contribution in [0.25, 0.3) is 10.9 Å². The number of aromatic nitrogens is 2. The first kappa shape index (κ1) is 10.5. The van der Waals surface area contributed by atoms with Crippen LogP contribution in [0.3, 0.4) is 0 Å². The van der Waals surface area contributed by atoms with Crippen LogP contribution in [-0.2, 0) is 6.42 Å². The molecule has 0 unspecified atom stereocenters. The quantitative estimate of drug-likeness (QED) is 0.794. The Kier molecular flexibility index (Phi) is 2.78. The lowest BCUT2D eigenvalue weighted by Gasteiger charge is -2.04. The van der Waals surface area contributed by atoms with Gasteiger partial charge >= 0.3 is 5.97 Å². The van der Waals surface area contributed by atoms with E-state index in [-0.39, 0.29) is 5.69 Å². The molecule has 0 aliphatic heterocycles. The van der Waals surface area contributed by atoms with Gasteiger partial charge < -0.3 is 10.8 Å². The van der Waals surface area contributed by atoms with Crippen LogP contribution in [0, 0.1) is 0 Å². The van der Waals surface area contributed by atoms with Gasteiger partial charge in [-0.15, -0.1) is 0 Å². The molecule has 0 bridgehead atoms. The predicted molar refractivity (Wildman–Crippen MR) is 59.3 cm³/mol. The van der Waals surface area contributed by atoms with Crippen LogP contribution in [0.4, 0.5) is 0 Å². The van der Waals surface area contributed by atoms with Gasteiger partial charge in [-0.3, -0.25) is 0 Å². The fourth-order valence-electron chi connectivity index (χ4n) is 1.53. The summed E-state index contributed by atoms with van der Waals surface area (Å²) in [6.45, 7) is 0.400. The van der Waals surface area contributed by atoms with Crippen molar-refractivity contribution in [2.45, 2.75) is 6.42 Å². The van der Waals surface area contributed by atoms with Gasteiger partial charge in [0, 0.05) is 11.8 Å². The Hall–Kier alpha value is -2.01. The van der Waals surface area contributed by atoms with Gasteiger partial charge in [-0.25, -0.2) is 14.8 Å². The van der Waals surface area contributed by atoms with E-state index in [4.69, 9.17) is 10.8 Å². The summed E-state index contributed by atoms with van der Waals surface area (Å²) < 4.78 is 0. The highest BCUT2D eigenvalue weighted by atomic mass is 16.4. The maximum Gasteiger partial charge on any atom is 0.355 e. The van der Waals surface area contributed by atoms with Crippen LogP contribution >= 0.6 is 0 Å². The highest BCUT2D eigenvalue weighted by Gasteiger charge is 2.12. The highest BCUT2D eigenvalue weighted by Crippen LogP contribution is 2.15. The molecule has 0 aliphatic carbocycles. The minimum atomic E-state index is -1.04. The molecule has 3 N–H and O–H groups in total. The van der Waals surface area contributed by atoms with Crippen molar-refractivity contribution >= 4 is 16.9 Å². The average molecular weight is 217 g/mol. The van der Waals surface area contributed by atoms with Crippen molar-refractivity contribution < 1.29 is 9.90 Å². The summed E-state index contributed by atoms with van der Waals surface area (Å²) in [6, 6.07) is 7.04. The van der Waals surface area contributed by atoms with E-state index in [2.05, 4.69) is 9.97 Å². The Morgan fingerprint density at radius 1 is 1.31 bits per heavy atom. The molecule has 0 amide bonds. The summed E-state index contributed by atoms with van der Waals surface area (Å²) in [5.74, 6) is -0.574. The molecule has 1 aromatic carbocycles. The molecule has 82 valence electrons. The van der Waals surface area contributed by atoms with Crippen LogP contribution in [-0.4, -0.2) is 27.6 Å². The number of aromatic carboxylic acids is 1. The van der Waals surface area contributed by atoms with Crippen molar-refractivity contribution in [1.29, 1.82) is 0 Å². The molecular formula is C11H11N3O2. The van der Waals surface area contributed by atoms with E-state index < -0.39 is 5.97 Å². The third-order valence-electron chi connectivity index (χ3n) is 2.22. The zero-order valence-electron chi connectivity index (χ0n) is 8.55. The third kappa shape index (κ3) is 1.85. The summed E-state index contributed by atoms with van der Waals surface area (Å²) in [6.07, 6.45) is 0.477. The first-order chi connectivity index (χ1) is 7.72. The number of carboxylic acids is 1. The molecule has 5 heteroatoms. The lowest BCUT2D eigenvalue weighted by Crippen LogP contribution is -2.11. The minimum Gasteiger partial charge on any atom is -0.476 e. The molecule has 0 atom stereocenters. The van der Waals surface area contributed by atoms with Gasteiger partial charge in [-0.05, 0) is 12.6 Å². The summed E-state index contributed by atoms with van der Waals surface area (Å²) in [5, 5.41) is 9.61. The minimum absolute atomic E-state index is 0.0362. The molecule has 16 heavy (non-hydrogen) atoms. The van der Waals surface area contributed by atoms with E-state index in [0.29, 0.717) is 29.7 Å². The molecule has 1 aromatic heterocycles. The Morgan fingerprint density at radius 2 is 2.06 bits per heavy atom. The van der Waals surface area contributed by atoms with Crippen molar-refractivity contribution in [1.82, 2.24) is 9.97 Å². The first-order valence-corrected chi connectivity index (χ1v) is 4.91. The molecule has 0 saturated carbocycles. The molecular weight excluding hydrogens is 206 g/mol. The van der Waals surface area contributed by atoms with Gasteiger partial charge in [-0.2, -0.15) is 0 Å². The Labute approximate surface area is 91.9 Å². The number of rotatable bonds is 3. The number of carbonyl (C=O) groups is 1. The van der Waals surface area contributed by atoms with Crippen molar-refractivity contribution in [3.8, 4) is 0 Å². The van der Waals surface area contributed by atoms with Crippen molar-refractivity contribution in [2.75, 3.05) is 6.54 Å². The maximum atomic E-state index is 11.0. The van der Waals surface area contributed by atoms with Crippen LogP contribution in [0.15, 0.2) is 24.3 Å². The summed E-state index contributed by atoms with van der Waals surface area (Å²) in [4.78, 5) is 19.3. The smallest absolute Gasteiger partial charge is 0.355 e. The second kappa shape index (κ2) is 4.24. The molecule has 2 aromatic rings. The largest absolute Gasteiger partial charge is 0.476 e. The van der Waals surface area contributed by atoms with Gasteiger partial charge in [0.15, 0.2) is 5.69 Å². The van der Waals surface area contributed by atoms with Crippen molar-refractivity contribution in [3.05, 3.63) is 35.8 Å². The van der Waals surface area contributed by atoms with Crippen LogP contribution < -0.4 is 5.73 Å². The number of para-hydroxylation sites is 1. The zero-order chi connectivity index (χ0) is 11.5. The molecule has 0 fully saturated rings. The number of nitrogens with two attached hydrogens (primary N) is 1. The van der Waals surface area contributed by atoms with Crippen molar-refractivity contribution in [2.24, 2.45) is 5.73 Å². The molecule has 2 rings (SSSR count). The normalized spacial score (nSPS) is 10.6. The standard InChI is InChI=1S/C11H11N3O2/c12-6-5-9-13-8-4-2-1-3-7(8)10(14-9)11(15)16/h1-4H,5-6,12H2,(H,15,16). The van der Waals surface area contributed by atoms with Gasteiger partial charge in [0.1, 0.15) is 5.82 Å². The van der Waals surface area contributed by atoms with E-state index >= 15 is 0 Å². The van der Waals surface area contributed by atoms with E-state index in [9.17, 15) is 4.79 Å². The molecule has 0 spiro atoms. The molecule has 5 nitrogen and oxygen atoms in total. The number of hydrogen-bond acceptors (Lipinski definition) is 4. The molecule has 0 saturated heterocycles. The number of hydrogen-bond donors (Lipinski definition) is 2. The van der Waals surface area contributed by atoms with Crippen molar-refractivity contribution in [3.63, 3.8) is 0 Å². The second-order valence-electron chi connectivity index (χ2n) is 3.35. The first-order valence-electron chi connectivity index (χ1n) is 4.91. The van der Waals surface area contributed by atoms with E-state index in [0.717, 1.165) is 0 Å². The van der Waals surface area contributed by atoms with Gasteiger partial charge in [0.2, 0.25) is 0 Å². The molecule has 0 radical (unpaired) electrons. The van der Waals surface area contributed by atoms with Gasteiger partial charge in [-0.1, -0.05) is 18.2 Å². The monoisotopic (exact) mass is 217 g/mol. The van der Waals surface area contributed by atoms with E-state index in [1.807, 2.05) is 6.07 Å². The molecule has 1 heterocycles. The number of nitrogens with zero attached hydrogens (tertiary/aromatic N) is 2. The fraction of sp³-hybridized carbons (Fsp3) is 0.182. The van der Waals surface area contributed by atoms with E-state index in [1.165, 1.54) is 0 Å². The van der Waals surface area contributed by atoms with Crippen LogP contribution in [0.2, 0.25) is 0 Å². The lowest BCUT2D eigenvalue weighted by molar-refractivity contribution is 0.0692. The Bertz CT molecular complexity index is 540. The lowest BCUT2D eigenvalue weighted by atomic mass is 10.2. The SMILES string of the molecule is NCCc1nc(C(=O)O)c2ccccc2n1. The van der Waals surface area contributed by atoms with Crippen LogP contribution in [0.1, 0.15) is 16.3 Å². The van der Waals surface area contributed by atoms with Gasteiger partial charge in [0.05, 0.1) is 5.52 Å². The summed E-state index contributed by atoms with van der Waals surface area (Å²) >= 11 is 0.